The molecule has 88 valence electrons. The third kappa shape index (κ3) is 2.50. The molecule has 0 amide bonds. The van der Waals surface area contributed by atoms with Crippen molar-refractivity contribution in [3.8, 4) is 0 Å². The van der Waals surface area contributed by atoms with Crippen LogP contribution in [0.15, 0.2) is 43.0 Å². The van der Waals surface area contributed by atoms with E-state index < -0.39 is 18.0 Å². The second kappa shape index (κ2) is 4.78. The van der Waals surface area contributed by atoms with Gasteiger partial charge in [-0.25, -0.2) is 18.7 Å². The number of imidazole rings is 1. The first-order chi connectivity index (χ1) is 8.18. The Bertz CT molecular complexity index is 511. The molecule has 1 aromatic heterocycles. The number of halogens is 1. The van der Waals surface area contributed by atoms with Gasteiger partial charge in [-0.15, -0.1) is 0 Å². The van der Waals surface area contributed by atoms with Crippen LogP contribution in [-0.4, -0.2) is 15.6 Å². The van der Waals surface area contributed by atoms with Crippen LogP contribution in [0.5, 0.6) is 0 Å². The van der Waals surface area contributed by atoms with Crippen LogP contribution >= 0.6 is 0 Å². The predicted octanol–water partition coefficient (Wildman–Crippen LogP) is 2.77. The highest BCUT2D eigenvalue weighted by Gasteiger charge is 2.15. The normalized spacial score (nSPS) is 12.1. The predicted molar refractivity (Wildman–Crippen MR) is 58.9 cm³/mol. The van der Waals surface area contributed by atoms with Gasteiger partial charge < -0.3 is 4.74 Å². The number of carbonyl (C=O) groups excluding carboxylic acids is 1. The van der Waals surface area contributed by atoms with Crippen LogP contribution < -0.4 is 0 Å². The van der Waals surface area contributed by atoms with Gasteiger partial charge in [0.05, 0.1) is 0 Å². The number of aromatic nitrogens is 2. The van der Waals surface area contributed by atoms with Gasteiger partial charge >= 0.3 is 6.09 Å². The molecule has 0 aliphatic carbocycles. The molecule has 2 rings (SSSR count). The quantitative estimate of drug-likeness (QED) is 0.802. The van der Waals surface area contributed by atoms with Gasteiger partial charge in [0, 0.05) is 18.0 Å². The molecular formula is C12H11FN2O2. The number of benzene rings is 1. The molecule has 0 N–H and O–H groups in total. The van der Waals surface area contributed by atoms with Crippen LogP contribution in [0.25, 0.3) is 0 Å². The van der Waals surface area contributed by atoms with Gasteiger partial charge in [-0.3, -0.25) is 0 Å². The number of nitrogens with zero attached hydrogens (tertiary/aromatic N) is 2. The fourth-order valence-electron chi connectivity index (χ4n) is 1.45. The number of hydrogen-bond acceptors (Lipinski definition) is 3. The van der Waals surface area contributed by atoms with E-state index in [1.165, 1.54) is 29.4 Å². The van der Waals surface area contributed by atoms with Crippen molar-refractivity contribution in [2.75, 3.05) is 0 Å². The highest BCUT2D eigenvalue weighted by Crippen LogP contribution is 2.20. The highest BCUT2D eigenvalue weighted by atomic mass is 19.1. The number of hydrogen-bond donors (Lipinski definition) is 0. The maximum Gasteiger partial charge on any atom is 0.419 e. The molecule has 0 bridgehead atoms. The third-order valence-corrected chi connectivity index (χ3v) is 2.34. The van der Waals surface area contributed by atoms with Crippen molar-refractivity contribution in [3.63, 3.8) is 0 Å². The average Bonchev–Trinajstić information content (AvgIpc) is 2.82. The van der Waals surface area contributed by atoms with Crippen molar-refractivity contribution in [3.05, 3.63) is 54.4 Å². The molecular weight excluding hydrogens is 223 g/mol. The molecule has 0 radical (unpaired) electrons. The summed E-state index contributed by atoms with van der Waals surface area (Å²) >= 11 is 0. The minimum Gasteiger partial charge on any atom is -0.441 e. The van der Waals surface area contributed by atoms with Gasteiger partial charge in [0.2, 0.25) is 0 Å². The Morgan fingerprint density at radius 3 is 2.88 bits per heavy atom. The van der Waals surface area contributed by atoms with Crippen LogP contribution in [0.4, 0.5) is 9.18 Å². The first kappa shape index (κ1) is 11.3. The molecule has 0 aliphatic heterocycles. The molecule has 0 saturated heterocycles. The summed E-state index contributed by atoms with van der Waals surface area (Å²) in [5.74, 6) is -0.390. The van der Waals surface area contributed by atoms with Crippen LogP contribution in [0.3, 0.4) is 0 Å². The van der Waals surface area contributed by atoms with E-state index in [1.807, 2.05) is 0 Å². The zero-order valence-corrected chi connectivity index (χ0v) is 9.21. The molecule has 1 atom stereocenters. The monoisotopic (exact) mass is 234 g/mol. The zero-order chi connectivity index (χ0) is 12.3. The molecule has 0 spiro atoms. The van der Waals surface area contributed by atoms with Crippen molar-refractivity contribution in [2.45, 2.75) is 13.0 Å². The first-order valence-corrected chi connectivity index (χ1v) is 5.12. The lowest BCUT2D eigenvalue weighted by atomic mass is 10.1. The maximum atomic E-state index is 13.4. The van der Waals surface area contributed by atoms with E-state index in [-0.39, 0.29) is 0 Å². The molecule has 1 aromatic carbocycles. The van der Waals surface area contributed by atoms with Crippen molar-refractivity contribution < 1.29 is 13.9 Å². The Morgan fingerprint density at radius 1 is 1.47 bits per heavy atom. The summed E-state index contributed by atoms with van der Waals surface area (Å²) in [5.41, 5.74) is 0.348. The van der Waals surface area contributed by atoms with Crippen LogP contribution in [0.2, 0.25) is 0 Å². The van der Waals surface area contributed by atoms with Crippen molar-refractivity contribution in [1.29, 1.82) is 0 Å². The van der Waals surface area contributed by atoms with E-state index in [2.05, 4.69) is 4.98 Å². The lowest BCUT2D eigenvalue weighted by Gasteiger charge is -2.13. The van der Waals surface area contributed by atoms with Gasteiger partial charge in [0.15, 0.2) is 0 Å². The topological polar surface area (TPSA) is 44.1 Å². The molecule has 0 unspecified atom stereocenters. The third-order valence-electron chi connectivity index (χ3n) is 2.34. The SMILES string of the molecule is C[C@H](OC(=O)n1ccnc1)c1ccccc1F. The molecule has 0 saturated carbocycles. The summed E-state index contributed by atoms with van der Waals surface area (Å²) in [6.07, 6.45) is 3.03. The summed E-state index contributed by atoms with van der Waals surface area (Å²) in [6.45, 7) is 1.62. The van der Waals surface area contributed by atoms with E-state index in [4.69, 9.17) is 4.74 Å². The Hall–Kier alpha value is -2.17. The smallest absolute Gasteiger partial charge is 0.419 e. The van der Waals surface area contributed by atoms with Crippen LogP contribution in [0.1, 0.15) is 18.6 Å². The molecule has 17 heavy (non-hydrogen) atoms. The highest BCUT2D eigenvalue weighted by molar-refractivity contribution is 5.70. The zero-order valence-electron chi connectivity index (χ0n) is 9.21. The molecule has 0 fully saturated rings. The standard InChI is InChI=1S/C12H11FN2O2/c1-9(10-4-2-3-5-11(10)13)17-12(16)15-7-6-14-8-15/h2-9H,1H3/t9-/m0/s1. The molecule has 2 aromatic rings. The first-order valence-electron chi connectivity index (χ1n) is 5.12. The van der Waals surface area contributed by atoms with E-state index >= 15 is 0 Å². The minimum atomic E-state index is -0.647. The van der Waals surface area contributed by atoms with Crippen LogP contribution in [-0.2, 0) is 4.74 Å². The average molecular weight is 234 g/mol. The Kier molecular flexibility index (Phi) is 3.18. The van der Waals surface area contributed by atoms with E-state index in [9.17, 15) is 9.18 Å². The number of rotatable bonds is 2. The molecule has 1 heterocycles. The molecule has 4 nitrogen and oxygen atoms in total. The second-order valence-corrected chi connectivity index (χ2v) is 3.52. The fraction of sp³-hybridized carbons (Fsp3) is 0.167. The van der Waals surface area contributed by atoms with Gasteiger partial charge in [0.25, 0.3) is 0 Å². The van der Waals surface area contributed by atoms with Gasteiger partial charge in [-0.05, 0) is 13.0 Å². The van der Waals surface area contributed by atoms with Crippen molar-refractivity contribution in [2.24, 2.45) is 0 Å². The van der Waals surface area contributed by atoms with Crippen molar-refractivity contribution >= 4 is 6.09 Å². The second-order valence-electron chi connectivity index (χ2n) is 3.52. The van der Waals surface area contributed by atoms with Crippen molar-refractivity contribution in [1.82, 2.24) is 9.55 Å². The summed E-state index contributed by atoms with van der Waals surface area (Å²) < 4.78 is 19.7. The summed E-state index contributed by atoms with van der Waals surface area (Å²) in [6, 6.07) is 6.20. The molecule has 0 aliphatic rings. The lowest BCUT2D eigenvalue weighted by molar-refractivity contribution is 0.106. The van der Waals surface area contributed by atoms with E-state index in [0.29, 0.717) is 5.56 Å². The maximum absolute atomic E-state index is 13.4. The van der Waals surface area contributed by atoms with Gasteiger partial charge in [-0.1, -0.05) is 18.2 Å². The Balaban J connectivity index is 2.10. The van der Waals surface area contributed by atoms with E-state index in [1.54, 1.807) is 25.1 Å². The van der Waals surface area contributed by atoms with E-state index in [0.717, 1.165) is 0 Å². The summed E-state index contributed by atoms with van der Waals surface area (Å²) in [4.78, 5) is 15.3. The Morgan fingerprint density at radius 2 is 2.24 bits per heavy atom. The lowest BCUT2D eigenvalue weighted by Crippen LogP contribution is -2.15. The molecule has 5 heteroatoms. The largest absolute Gasteiger partial charge is 0.441 e. The minimum absolute atomic E-state index is 0.348. The van der Waals surface area contributed by atoms with Gasteiger partial charge in [-0.2, -0.15) is 0 Å². The van der Waals surface area contributed by atoms with Gasteiger partial charge in [0.1, 0.15) is 18.2 Å². The fourth-order valence-corrected chi connectivity index (χ4v) is 1.45. The number of ether oxygens (including phenoxy) is 1. The summed E-state index contributed by atoms with van der Waals surface area (Å²) in [7, 11) is 0. The number of carbonyl (C=O) groups is 1. The summed E-state index contributed by atoms with van der Waals surface area (Å²) in [5, 5.41) is 0. The Labute approximate surface area is 97.7 Å². The van der Waals surface area contributed by atoms with Crippen LogP contribution in [0, 0.1) is 5.82 Å².